The predicted molar refractivity (Wildman–Crippen MR) is 64.8 cm³/mol. The fraction of sp³-hybridized carbons (Fsp3) is 0.545. The number of carbonyl (C=O) groups excluding carboxylic acids is 1. The van der Waals surface area contributed by atoms with E-state index in [-0.39, 0.29) is 6.04 Å². The number of aromatic nitrogens is 2. The smallest absolute Gasteiger partial charge is 0.408 e. The molecule has 0 spiro atoms. The van der Waals surface area contributed by atoms with Crippen LogP contribution in [-0.2, 0) is 4.74 Å². The number of hydrogen-bond acceptors (Lipinski definition) is 4. The van der Waals surface area contributed by atoms with E-state index in [0.29, 0.717) is 10.8 Å². The first kappa shape index (κ1) is 13.7. The molecule has 5 nitrogen and oxygen atoms in total. The molecule has 0 aromatic carbocycles. The van der Waals surface area contributed by atoms with Gasteiger partial charge in [0.15, 0.2) is 0 Å². The molecule has 0 saturated carbocycles. The Balaban J connectivity index is 2.57. The molecule has 0 radical (unpaired) electrons. The number of halogens is 1. The van der Waals surface area contributed by atoms with E-state index in [4.69, 9.17) is 16.3 Å². The van der Waals surface area contributed by atoms with Crippen LogP contribution in [0.4, 0.5) is 4.79 Å². The topological polar surface area (TPSA) is 64.1 Å². The lowest BCUT2D eigenvalue weighted by Crippen LogP contribution is -2.34. The Morgan fingerprint density at radius 3 is 2.53 bits per heavy atom. The molecule has 0 bridgehead atoms. The molecule has 6 heteroatoms. The Kier molecular flexibility index (Phi) is 4.28. The third-order valence-corrected chi connectivity index (χ3v) is 2.01. The molecular weight excluding hydrogens is 242 g/mol. The van der Waals surface area contributed by atoms with Crippen molar-refractivity contribution < 1.29 is 9.53 Å². The van der Waals surface area contributed by atoms with E-state index in [0.717, 1.165) is 0 Å². The summed E-state index contributed by atoms with van der Waals surface area (Å²) in [4.78, 5) is 19.5. The fourth-order valence-electron chi connectivity index (χ4n) is 1.10. The molecule has 0 aliphatic rings. The van der Waals surface area contributed by atoms with Crippen LogP contribution in [0, 0.1) is 0 Å². The first-order valence-electron chi connectivity index (χ1n) is 5.25. The quantitative estimate of drug-likeness (QED) is 0.885. The lowest BCUT2D eigenvalue weighted by Gasteiger charge is -2.21. The number of amides is 1. The fourth-order valence-corrected chi connectivity index (χ4v) is 1.20. The highest BCUT2D eigenvalue weighted by Gasteiger charge is 2.18. The van der Waals surface area contributed by atoms with Crippen LogP contribution in [0.15, 0.2) is 12.4 Å². The summed E-state index contributed by atoms with van der Waals surface area (Å²) >= 11 is 5.62. The van der Waals surface area contributed by atoms with Gasteiger partial charge in [0.1, 0.15) is 10.8 Å². The van der Waals surface area contributed by atoms with E-state index in [9.17, 15) is 4.79 Å². The number of rotatable bonds is 2. The maximum Gasteiger partial charge on any atom is 0.408 e. The molecule has 17 heavy (non-hydrogen) atoms. The Morgan fingerprint density at radius 1 is 1.41 bits per heavy atom. The summed E-state index contributed by atoms with van der Waals surface area (Å²) < 4.78 is 5.13. The van der Waals surface area contributed by atoms with Gasteiger partial charge in [-0.05, 0) is 27.7 Å². The SMILES string of the molecule is CC(NC(=O)OC(C)(C)C)c1cnc(Cl)cn1. The maximum atomic E-state index is 11.5. The van der Waals surface area contributed by atoms with Crippen LogP contribution < -0.4 is 5.32 Å². The summed E-state index contributed by atoms with van der Waals surface area (Å²) in [6.07, 6.45) is 2.47. The van der Waals surface area contributed by atoms with Crippen molar-refractivity contribution in [2.45, 2.75) is 39.3 Å². The number of nitrogens with zero attached hydrogens (tertiary/aromatic N) is 2. The second kappa shape index (κ2) is 5.31. The van der Waals surface area contributed by atoms with E-state index < -0.39 is 11.7 Å². The lowest BCUT2D eigenvalue weighted by molar-refractivity contribution is 0.0507. The number of carbonyl (C=O) groups is 1. The second-order valence-corrected chi connectivity index (χ2v) is 5.02. The number of hydrogen-bond donors (Lipinski definition) is 1. The Morgan fingerprint density at radius 2 is 2.06 bits per heavy atom. The largest absolute Gasteiger partial charge is 0.444 e. The van der Waals surface area contributed by atoms with Gasteiger partial charge < -0.3 is 10.1 Å². The third kappa shape index (κ3) is 4.99. The van der Waals surface area contributed by atoms with Gasteiger partial charge in [-0.25, -0.2) is 9.78 Å². The lowest BCUT2D eigenvalue weighted by atomic mass is 10.2. The molecule has 0 fully saturated rings. The molecule has 1 heterocycles. The third-order valence-electron chi connectivity index (χ3n) is 1.82. The summed E-state index contributed by atoms with van der Waals surface area (Å²) in [6, 6.07) is -0.283. The van der Waals surface area contributed by atoms with Crippen molar-refractivity contribution >= 4 is 17.7 Å². The van der Waals surface area contributed by atoms with Gasteiger partial charge in [-0.15, -0.1) is 0 Å². The number of nitrogens with one attached hydrogen (secondary N) is 1. The van der Waals surface area contributed by atoms with Crippen LogP contribution in [-0.4, -0.2) is 21.7 Å². The van der Waals surface area contributed by atoms with Gasteiger partial charge in [-0.1, -0.05) is 11.6 Å². The van der Waals surface area contributed by atoms with Crippen LogP contribution in [0.3, 0.4) is 0 Å². The zero-order chi connectivity index (χ0) is 13.1. The van der Waals surface area contributed by atoms with Gasteiger partial charge in [0.2, 0.25) is 0 Å². The molecule has 1 aromatic heterocycles. The molecule has 0 aliphatic heterocycles. The molecule has 1 aromatic rings. The summed E-state index contributed by atoms with van der Waals surface area (Å²) in [7, 11) is 0. The van der Waals surface area contributed by atoms with E-state index in [2.05, 4.69) is 15.3 Å². The molecule has 0 aliphatic carbocycles. The highest BCUT2D eigenvalue weighted by Crippen LogP contribution is 2.12. The van der Waals surface area contributed by atoms with Gasteiger partial charge in [-0.2, -0.15) is 0 Å². The summed E-state index contributed by atoms with van der Waals surface area (Å²) in [5, 5.41) is 2.98. The van der Waals surface area contributed by atoms with Crippen molar-refractivity contribution in [2.24, 2.45) is 0 Å². The van der Waals surface area contributed by atoms with Crippen LogP contribution in [0.5, 0.6) is 0 Å². The van der Waals surface area contributed by atoms with Crippen molar-refractivity contribution in [2.75, 3.05) is 0 Å². The van der Waals surface area contributed by atoms with Gasteiger partial charge in [0.05, 0.1) is 24.1 Å². The van der Waals surface area contributed by atoms with Crippen LogP contribution in [0.1, 0.15) is 39.4 Å². The summed E-state index contributed by atoms with van der Waals surface area (Å²) in [6.45, 7) is 7.21. The minimum absolute atomic E-state index is 0.283. The van der Waals surface area contributed by atoms with E-state index in [1.165, 1.54) is 12.4 Å². The predicted octanol–water partition coefficient (Wildman–Crippen LogP) is 2.72. The van der Waals surface area contributed by atoms with Crippen molar-refractivity contribution in [3.8, 4) is 0 Å². The zero-order valence-corrected chi connectivity index (χ0v) is 11.1. The average molecular weight is 258 g/mol. The van der Waals surface area contributed by atoms with E-state index >= 15 is 0 Å². The molecule has 1 N–H and O–H groups in total. The maximum absolute atomic E-state index is 11.5. The van der Waals surface area contributed by atoms with E-state index in [1.54, 1.807) is 27.7 Å². The molecule has 1 atom stereocenters. The minimum Gasteiger partial charge on any atom is -0.444 e. The van der Waals surface area contributed by atoms with Gasteiger partial charge in [0.25, 0.3) is 0 Å². The first-order chi connectivity index (χ1) is 7.78. The van der Waals surface area contributed by atoms with Gasteiger partial charge >= 0.3 is 6.09 Å². The van der Waals surface area contributed by atoms with Crippen LogP contribution in [0.2, 0.25) is 5.15 Å². The van der Waals surface area contributed by atoms with Crippen LogP contribution >= 0.6 is 11.6 Å². The summed E-state index contributed by atoms with van der Waals surface area (Å²) in [5.74, 6) is 0. The Hall–Kier alpha value is -1.36. The van der Waals surface area contributed by atoms with Crippen molar-refractivity contribution in [1.29, 1.82) is 0 Å². The van der Waals surface area contributed by atoms with Gasteiger partial charge in [0, 0.05) is 0 Å². The average Bonchev–Trinajstić information content (AvgIpc) is 2.15. The Bertz CT molecular complexity index is 387. The highest BCUT2D eigenvalue weighted by molar-refractivity contribution is 6.29. The van der Waals surface area contributed by atoms with Crippen molar-refractivity contribution in [1.82, 2.24) is 15.3 Å². The highest BCUT2D eigenvalue weighted by atomic mass is 35.5. The monoisotopic (exact) mass is 257 g/mol. The normalized spacial score (nSPS) is 13.0. The first-order valence-corrected chi connectivity index (χ1v) is 5.62. The molecule has 1 amide bonds. The molecule has 1 unspecified atom stereocenters. The molecule has 1 rings (SSSR count). The number of ether oxygens (including phenoxy) is 1. The van der Waals surface area contributed by atoms with Crippen molar-refractivity contribution in [3.63, 3.8) is 0 Å². The van der Waals surface area contributed by atoms with E-state index in [1.807, 2.05) is 0 Å². The molecular formula is C11H16ClN3O2. The van der Waals surface area contributed by atoms with Gasteiger partial charge in [-0.3, -0.25) is 4.98 Å². The minimum atomic E-state index is -0.518. The summed E-state index contributed by atoms with van der Waals surface area (Å²) in [5.41, 5.74) is 0.107. The zero-order valence-electron chi connectivity index (χ0n) is 10.3. The Labute approximate surface area is 106 Å². The number of alkyl carbamates (subject to hydrolysis) is 1. The van der Waals surface area contributed by atoms with Crippen LogP contribution in [0.25, 0.3) is 0 Å². The standard InChI is InChI=1S/C11H16ClN3O2/c1-7(8-5-14-9(12)6-13-8)15-10(16)17-11(2,3)4/h5-7H,1-4H3,(H,15,16). The van der Waals surface area contributed by atoms with Crippen molar-refractivity contribution in [3.05, 3.63) is 23.2 Å². The molecule has 0 saturated heterocycles. The second-order valence-electron chi connectivity index (χ2n) is 4.63. The molecule has 94 valence electrons.